The standard InChI is InChI=1S/C18H21NO4S/c1-12(2)16(19-17(20)15-8-5-9-24-15)18(21)23-11-13-6-4-7-14(10-13)22-3/h4-10,12,16H,11H2,1-3H3,(H,19,20). The van der Waals surface area contributed by atoms with Crippen molar-refractivity contribution in [1.29, 1.82) is 0 Å². The Balaban J connectivity index is 1.97. The van der Waals surface area contributed by atoms with Crippen LogP contribution in [-0.4, -0.2) is 25.0 Å². The number of carbonyl (C=O) groups excluding carboxylic acids is 2. The van der Waals surface area contributed by atoms with Gasteiger partial charge in [0.15, 0.2) is 0 Å². The predicted molar refractivity (Wildman–Crippen MR) is 93.2 cm³/mol. The highest BCUT2D eigenvalue weighted by atomic mass is 32.1. The number of rotatable bonds is 7. The summed E-state index contributed by atoms with van der Waals surface area (Å²) >= 11 is 1.33. The highest BCUT2D eigenvalue weighted by Gasteiger charge is 2.26. The summed E-state index contributed by atoms with van der Waals surface area (Å²) in [7, 11) is 1.58. The first kappa shape index (κ1) is 18.0. The fourth-order valence-electron chi connectivity index (χ4n) is 2.12. The van der Waals surface area contributed by atoms with E-state index in [9.17, 15) is 9.59 Å². The van der Waals surface area contributed by atoms with Crippen molar-refractivity contribution in [2.24, 2.45) is 5.92 Å². The SMILES string of the molecule is COc1cccc(COC(=O)C(NC(=O)c2cccs2)C(C)C)c1. The topological polar surface area (TPSA) is 64.6 Å². The highest BCUT2D eigenvalue weighted by molar-refractivity contribution is 7.12. The van der Waals surface area contributed by atoms with Crippen LogP contribution >= 0.6 is 11.3 Å². The lowest BCUT2D eigenvalue weighted by Gasteiger charge is -2.20. The second-order valence-corrected chi connectivity index (χ2v) is 6.58. The maximum absolute atomic E-state index is 12.4. The third-order valence-electron chi connectivity index (χ3n) is 3.47. The van der Waals surface area contributed by atoms with E-state index in [2.05, 4.69) is 5.32 Å². The monoisotopic (exact) mass is 347 g/mol. The first-order chi connectivity index (χ1) is 11.5. The number of thiophene rings is 1. The summed E-state index contributed by atoms with van der Waals surface area (Å²) in [6.45, 7) is 3.87. The maximum Gasteiger partial charge on any atom is 0.329 e. The van der Waals surface area contributed by atoms with Crippen molar-refractivity contribution in [2.45, 2.75) is 26.5 Å². The van der Waals surface area contributed by atoms with Crippen molar-refractivity contribution in [3.63, 3.8) is 0 Å². The Kier molecular flexibility index (Phi) is 6.37. The Labute approximate surface area is 145 Å². The largest absolute Gasteiger partial charge is 0.497 e. The molecule has 0 radical (unpaired) electrons. The van der Waals surface area contributed by atoms with E-state index in [4.69, 9.17) is 9.47 Å². The molecule has 1 unspecified atom stereocenters. The average molecular weight is 347 g/mol. The third kappa shape index (κ3) is 4.83. The molecule has 0 aliphatic heterocycles. The van der Waals surface area contributed by atoms with Gasteiger partial charge in [-0.05, 0) is 35.1 Å². The maximum atomic E-state index is 12.4. The molecule has 0 fully saturated rings. The van der Waals surface area contributed by atoms with Crippen LogP contribution in [0.25, 0.3) is 0 Å². The summed E-state index contributed by atoms with van der Waals surface area (Å²) in [6.07, 6.45) is 0. The molecule has 0 aliphatic carbocycles. The molecule has 0 aliphatic rings. The van der Waals surface area contributed by atoms with Gasteiger partial charge in [-0.3, -0.25) is 4.79 Å². The number of benzene rings is 1. The zero-order chi connectivity index (χ0) is 17.5. The molecule has 0 saturated heterocycles. The first-order valence-corrected chi connectivity index (χ1v) is 8.53. The number of esters is 1. The van der Waals surface area contributed by atoms with E-state index in [0.717, 1.165) is 5.56 Å². The number of carbonyl (C=O) groups is 2. The second-order valence-electron chi connectivity index (χ2n) is 5.63. The van der Waals surface area contributed by atoms with E-state index >= 15 is 0 Å². The number of hydrogen-bond donors (Lipinski definition) is 1. The molecule has 0 spiro atoms. The Morgan fingerprint density at radius 1 is 1.21 bits per heavy atom. The van der Waals surface area contributed by atoms with Gasteiger partial charge >= 0.3 is 5.97 Å². The molecule has 1 heterocycles. The van der Waals surface area contributed by atoms with E-state index in [1.807, 2.05) is 43.5 Å². The summed E-state index contributed by atoms with van der Waals surface area (Å²) in [5.41, 5.74) is 0.829. The number of nitrogens with one attached hydrogen (secondary N) is 1. The first-order valence-electron chi connectivity index (χ1n) is 7.65. The molecular formula is C18H21NO4S. The molecule has 2 rings (SSSR count). The summed E-state index contributed by atoms with van der Waals surface area (Å²) in [5, 5.41) is 4.57. The van der Waals surface area contributed by atoms with Gasteiger partial charge in [-0.2, -0.15) is 0 Å². The summed E-state index contributed by atoms with van der Waals surface area (Å²) < 4.78 is 10.5. The third-order valence-corrected chi connectivity index (χ3v) is 4.34. The van der Waals surface area contributed by atoms with Gasteiger partial charge in [0.05, 0.1) is 12.0 Å². The average Bonchev–Trinajstić information content (AvgIpc) is 3.12. The molecule has 1 N–H and O–H groups in total. The van der Waals surface area contributed by atoms with Gasteiger partial charge in [-0.25, -0.2) is 4.79 Å². The smallest absolute Gasteiger partial charge is 0.329 e. The molecule has 1 amide bonds. The molecular weight excluding hydrogens is 326 g/mol. The summed E-state index contributed by atoms with van der Waals surface area (Å²) in [6, 6.07) is 10.1. The number of hydrogen-bond acceptors (Lipinski definition) is 5. The van der Waals surface area contributed by atoms with E-state index in [-0.39, 0.29) is 18.4 Å². The van der Waals surface area contributed by atoms with Crippen molar-refractivity contribution < 1.29 is 19.1 Å². The lowest BCUT2D eigenvalue weighted by molar-refractivity contribution is -0.148. The second kappa shape index (κ2) is 8.49. The highest BCUT2D eigenvalue weighted by Crippen LogP contribution is 2.15. The van der Waals surface area contributed by atoms with E-state index in [1.54, 1.807) is 19.2 Å². The molecule has 128 valence electrons. The zero-order valence-corrected chi connectivity index (χ0v) is 14.8. The van der Waals surface area contributed by atoms with Gasteiger partial charge < -0.3 is 14.8 Å². The van der Waals surface area contributed by atoms with Crippen LogP contribution in [0.2, 0.25) is 0 Å². The van der Waals surface area contributed by atoms with Crippen molar-refractivity contribution in [3.05, 3.63) is 52.2 Å². The molecule has 1 aromatic carbocycles. The van der Waals surface area contributed by atoms with Crippen LogP contribution in [0.3, 0.4) is 0 Å². The van der Waals surface area contributed by atoms with Gasteiger partial charge in [0.1, 0.15) is 18.4 Å². The van der Waals surface area contributed by atoms with Gasteiger partial charge in [0, 0.05) is 0 Å². The molecule has 1 aromatic heterocycles. The van der Waals surface area contributed by atoms with Crippen LogP contribution in [0.1, 0.15) is 29.1 Å². The Bertz CT molecular complexity index is 682. The fourth-order valence-corrected chi connectivity index (χ4v) is 2.75. The zero-order valence-electron chi connectivity index (χ0n) is 13.9. The molecule has 24 heavy (non-hydrogen) atoms. The Hall–Kier alpha value is -2.34. The summed E-state index contributed by atoms with van der Waals surface area (Å²) in [4.78, 5) is 25.1. The molecule has 0 bridgehead atoms. The minimum atomic E-state index is -0.690. The van der Waals surface area contributed by atoms with Gasteiger partial charge in [-0.1, -0.05) is 32.0 Å². The van der Waals surface area contributed by atoms with Crippen LogP contribution in [-0.2, 0) is 16.1 Å². The van der Waals surface area contributed by atoms with Crippen LogP contribution < -0.4 is 10.1 Å². The van der Waals surface area contributed by atoms with E-state index in [1.165, 1.54) is 11.3 Å². The normalized spacial score (nSPS) is 11.8. The van der Waals surface area contributed by atoms with Crippen molar-refractivity contribution in [1.82, 2.24) is 5.32 Å². The minimum Gasteiger partial charge on any atom is -0.497 e. The minimum absolute atomic E-state index is 0.0771. The van der Waals surface area contributed by atoms with Crippen LogP contribution in [0.4, 0.5) is 0 Å². The summed E-state index contributed by atoms with van der Waals surface area (Å²) in [5.74, 6) is -0.0820. The quantitative estimate of drug-likeness (QED) is 0.781. The Morgan fingerprint density at radius 2 is 2.00 bits per heavy atom. The van der Waals surface area contributed by atoms with E-state index < -0.39 is 12.0 Å². The lowest BCUT2D eigenvalue weighted by Crippen LogP contribution is -2.45. The molecule has 2 aromatic rings. The fraction of sp³-hybridized carbons (Fsp3) is 0.333. The van der Waals surface area contributed by atoms with Crippen LogP contribution in [0, 0.1) is 5.92 Å². The predicted octanol–water partition coefficient (Wildman–Crippen LogP) is 3.25. The number of methoxy groups -OCH3 is 1. The van der Waals surface area contributed by atoms with Crippen LogP contribution in [0.5, 0.6) is 5.75 Å². The number of ether oxygens (including phenoxy) is 2. The van der Waals surface area contributed by atoms with Crippen molar-refractivity contribution >= 4 is 23.2 Å². The van der Waals surface area contributed by atoms with Gasteiger partial charge in [-0.15, -0.1) is 11.3 Å². The van der Waals surface area contributed by atoms with Crippen molar-refractivity contribution in [2.75, 3.05) is 7.11 Å². The molecule has 5 nitrogen and oxygen atoms in total. The molecule has 0 saturated carbocycles. The number of amides is 1. The molecule has 1 atom stereocenters. The molecule has 6 heteroatoms. The Morgan fingerprint density at radius 3 is 2.62 bits per heavy atom. The van der Waals surface area contributed by atoms with E-state index in [0.29, 0.717) is 10.6 Å². The van der Waals surface area contributed by atoms with Crippen molar-refractivity contribution in [3.8, 4) is 5.75 Å². The van der Waals surface area contributed by atoms with Gasteiger partial charge in [0.2, 0.25) is 0 Å². The lowest BCUT2D eigenvalue weighted by atomic mass is 10.0. The van der Waals surface area contributed by atoms with Gasteiger partial charge in [0.25, 0.3) is 5.91 Å². The van der Waals surface area contributed by atoms with Crippen LogP contribution in [0.15, 0.2) is 41.8 Å².